The number of hydrogen-bond donors (Lipinski definition) is 1. The highest BCUT2D eigenvalue weighted by atomic mass is 16.5. The van der Waals surface area contributed by atoms with Gasteiger partial charge in [0.25, 0.3) is 0 Å². The van der Waals surface area contributed by atoms with Gasteiger partial charge in [0.1, 0.15) is 17.5 Å². The minimum absolute atomic E-state index is 0.0602. The van der Waals surface area contributed by atoms with E-state index in [2.05, 4.69) is 5.32 Å². The van der Waals surface area contributed by atoms with E-state index in [-0.39, 0.29) is 18.4 Å². The molecule has 6 nitrogen and oxygen atoms in total. The zero-order valence-electron chi connectivity index (χ0n) is 12.5. The second-order valence-electron chi connectivity index (χ2n) is 4.90. The summed E-state index contributed by atoms with van der Waals surface area (Å²) in [6, 6.07) is 4.99. The molecule has 0 aromatic heterocycles. The number of piperazine rings is 1. The lowest BCUT2D eigenvalue weighted by molar-refractivity contribution is -0.144. The predicted octanol–water partition coefficient (Wildman–Crippen LogP) is 0.941. The molecule has 0 aliphatic carbocycles. The fourth-order valence-electron chi connectivity index (χ4n) is 2.37. The molecule has 0 radical (unpaired) electrons. The summed E-state index contributed by atoms with van der Waals surface area (Å²) in [5.74, 6) is 1.13. The van der Waals surface area contributed by atoms with Gasteiger partial charge < -0.3 is 19.7 Å². The van der Waals surface area contributed by atoms with Crippen LogP contribution in [0.5, 0.6) is 11.5 Å². The molecule has 1 heterocycles. The van der Waals surface area contributed by atoms with Gasteiger partial charge in [0.15, 0.2) is 0 Å². The van der Waals surface area contributed by atoms with E-state index in [0.717, 1.165) is 5.56 Å². The standard InChI is InChI=1S/C15H20N2O4/c1-4-12-15(19)17(9-14(18)16-12)8-10-5-6-11(20-2)7-13(10)21-3/h5-7,12H,4,8-9H2,1-3H3,(H,16,18). The van der Waals surface area contributed by atoms with Crippen molar-refractivity contribution in [1.82, 2.24) is 10.2 Å². The zero-order chi connectivity index (χ0) is 15.4. The van der Waals surface area contributed by atoms with Gasteiger partial charge in [0, 0.05) is 18.2 Å². The average molecular weight is 292 g/mol. The summed E-state index contributed by atoms with van der Waals surface area (Å²) in [6.07, 6.45) is 0.584. The summed E-state index contributed by atoms with van der Waals surface area (Å²) in [7, 11) is 3.15. The van der Waals surface area contributed by atoms with Crippen molar-refractivity contribution in [3.05, 3.63) is 23.8 Å². The van der Waals surface area contributed by atoms with Crippen LogP contribution in [-0.2, 0) is 16.1 Å². The highest BCUT2D eigenvalue weighted by Gasteiger charge is 2.31. The third kappa shape index (κ3) is 3.26. The van der Waals surface area contributed by atoms with E-state index in [1.807, 2.05) is 19.1 Å². The SMILES string of the molecule is CCC1NC(=O)CN(Cc2ccc(OC)cc2OC)C1=O. The second kappa shape index (κ2) is 6.47. The number of methoxy groups -OCH3 is 2. The minimum atomic E-state index is -0.435. The van der Waals surface area contributed by atoms with Gasteiger partial charge in [-0.3, -0.25) is 9.59 Å². The maximum Gasteiger partial charge on any atom is 0.245 e. The van der Waals surface area contributed by atoms with Crippen molar-refractivity contribution < 1.29 is 19.1 Å². The first kappa shape index (κ1) is 15.2. The van der Waals surface area contributed by atoms with Gasteiger partial charge in [-0.1, -0.05) is 6.92 Å². The van der Waals surface area contributed by atoms with Crippen molar-refractivity contribution in [2.24, 2.45) is 0 Å². The largest absolute Gasteiger partial charge is 0.497 e. The molecular formula is C15H20N2O4. The molecule has 1 aromatic rings. The van der Waals surface area contributed by atoms with Crippen LogP contribution in [0.2, 0.25) is 0 Å². The number of nitrogens with one attached hydrogen (secondary N) is 1. The highest BCUT2D eigenvalue weighted by molar-refractivity contribution is 5.94. The van der Waals surface area contributed by atoms with Crippen LogP contribution >= 0.6 is 0 Å². The molecule has 1 fully saturated rings. The smallest absolute Gasteiger partial charge is 0.245 e. The first-order chi connectivity index (χ1) is 10.1. The normalized spacial score (nSPS) is 18.4. The van der Waals surface area contributed by atoms with Gasteiger partial charge in [-0.05, 0) is 18.6 Å². The average Bonchev–Trinajstić information content (AvgIpc) is 2.50. The molecule has 2 rings (SSSR count). The monoisotopic (exact) mass is 292 g/mol. The molecule has 2 amide bonds. The van der Waals surface area contributed by atoms with Crippen molar-refractivity contribution >= 4 is 11.8 Å². The van der Waals surface area contributed by atoms with Crippen molar-refractivity contribution in [3.8, 4) is 11.5 Å². The summed E-state index contributed by atoms with van der Waals surface area (Å²) >= 11 is 0. The lowest BCUT2D eigenvalue weighted by atomic mass is 10.1. The zero-order valence-corrected chi connectivity index (χ0v) is 12.5. The van der Waals surface area contributed by atoms with E-state index in [4.69, 9.17) is 9.47 Å². The fraction of sp³-hybridized carbons (Fsp3) is 0.467. The Labute approximate surface area is 124 Å². The minimum Gasteiger partial charge on any atom is -0.497 e. The van der Waals surface area contributed by atoms with Crippen molar-refractivity contribution in [1.29, 1.82) is 0 Å². The Kier molecular flexibility index (Phi) is 4.67. The van der Waals surface area contributed by atoms with Crippen LogP contribution < -0.4 is 14.8 Å². The van der Waals surface area contributed by atoms with Crippen LogP contribution in [0.4, 0.5) is 0 Å². The van der Waals surface area contributed by atoms with Gasteiger partial charge in [0.2, 0.25) is 11.8 Å². The van der Waals surface area contributed by atoms with Crippen LogP contribution in [-0.4, -0.2) is 43.5 Å². The fourth-order valence-corrected chi connectivity index (χ4v) is 2.37. The molecule has 114 valence electrons. The van der Waals surface area contributed by atoms with E-state index in [9.17, 15) is 9.59 Å². The third-order valence-electron chi connectivity index (χ3n) is 3.54. The molecule has 0 spiro atoms. The van der Waals surface area contributed by atoms with Crippen LogP contribution in [0.1, 0.15) is 18.9 Å². The van der Waals surface area contributed by atoms with E-state index in [1.165, 1.54) is 0 Å². The van der Waals surface area contributed by atoms with Gasteiger partial charge in [-0.25, -0.2) is 0 Å². The number of benzene rings is 1. The summed E-state index contributed by atoms with van der Waals surface area (Å²) in [6.45, 7) is 2.29. The quantitative estimate of drug-likeness (QED) is 0.877. The van der Waals surface area contributed by atoms with E-state index in [0.29, 0.717) is 24.5 Å². The predicted molar refractivity (Wildman–Crippen MR) is 77.2 cm³/mol. The molecule has 1 atom stereocenters. The molecule has 1 N–H and O–H groups in total. The van der Waals surface area contributed by atoms with Crippen molar-refractivity contribution in [3.63, 3.8) is 0 Å². The molecule has 1 unspecified atom stereocenters. The molecule has 1 saturated heterocycles. The Morgan fingerprint density at radius 3 is 2.67 bits per heavy atom. The number of nitrogens with zero attached hydrogens (tertiary/aromatic N) is 1. The van der Waals surface area contributed by atoms with E-state index in [1.54, 1.807) is 25.2 Å². The summed E-state index contributed by atoms with van der Waals surface area (Å²) in [5, 5.41) is 2.70. The Balaban J connectivity index is 2.20. The Morgan fingerprint density at radius 1 is 1.29 bits per heavy atom. The second-order valence-corrected chi connectivity index (χ2v) is 4.90. The number of carbonyl (C=O) groups is 2. The number of amides is 2. The third-order valence-corrected chi connectivity index (χ3v) is 3.54. The first-order valence-corrected chi connectivity index (χ1v) is 6.88. The van der Waals surface area contributed by atoms with Crippen LogP contribution in [0.3, 0.4) is 0 Å². The van der Waals surface area contributed by atoms with Gasteiger partial charge in [0.05, 0.1) is 20.8 Å². The van der Waals surface area contributed by atoms with E-state index >= 15 is 0 Å². The van der Waals surface area contributed by atoms with E-state index < -0.39 is 6.04 Å². The summed E-state index contributed by atoms with van der Waals surface area (Å²) < 4.78 is 10.5. The molecule has 1 aliphatic rings. The molecular weight excluding hydrogens is 272 g/mol. The number of ether oxygens (including phenoxy) is 2. The lowest BCUT2D eigenvalue weighted by Gasteiger charge is -2.32. The van der Waals surface area contributed by atoms with Crippen LogP contribution in [0.25, 0.3) is 0 Å². The van der Waals surface area contributed by atoms with Gasteiger partial charge >= 0.3 is 0 Å². The van der Waals surface area contributed by atoms with Gasteiger partial charge in [-0.15, -0.1) is 0 Å². The number of carbonyl (C=O) groups excluding carboxylic acids is 2. The Morgan fingerprint density at radius 2 is 2.05 bits per heavy atom. The molecule has 1 aromatic carbocycles. The molecule has 0 saturated carbocycles. The van der Waals surface area contributed by atoms with Crippen molar-refractivity contribution in [2.45, 2.75) is 25.9 Å². The Hall–Kier alpha value is -2.24. The molecule has 21 heavy (non-hydrogen) atoms. The number of rotatable bonds is 5. The first-order valence-electron chi connectivity index (χ1n) is 6.88. The Bertz CT molecular complexity index is 544. The lowest BCUT2D eigenvalue weighted by Crippen LogP contribution is -2.57. The maximum atomic E-state index is 12.3. The maximum absolute atomic E-state index is 12.3. The topological polar surface area (TPSA) is 67.9 Å². The molecule has 6 heteroatoms. The summed E-state index contributed by atoms with van der Waals surface area (Å²) in [4.78, 5) is 25.5. The van der Waals surface area contributed by atoms with Crippen LogP contribution in [0.15, 0.2) is 18.2 Å². The van der Waals surface area contributed by atoms with Crippen LogP contribution in [0, 0.1) is 0 Å². The summed E-state index contributed by atoms with van der Waals surface area (Å²) in [5.41, 5.74) is 0.844. The molecule has 1 aliphatic heterocycles. The van der Waals surface area contributed by atoms with Gasteiger partial charge in [-0.2, -0.15) is 0 Å². The number of hydrogen-bond acceptors (Lipinski definition) is 4. The highest BCUT2D eigenvalue weighted by Crippen LogP contribution is 2.26. The molecule has 0 bridgehead atoms. The van der Waals surface area contributed by atoms with Crippen molar-refractivity contribution in [2.75, 3.05) is 20.8 Å².